The third kappa shape index (κ3) is 2.40. The van der Waals surface area contributed by atoms with E-state index in [2.05, 4.69) is 10.2 Å². The molecule has 0 fully saturated rings. The Balaban J connectivity index is 2.03. The van der Waals surface area contributed by atoms with Crippen LogP contribution in [-0.2, 0) is 0 Å². The average Bonchev–Trinajstić information content (AvgIpc) is 2.50. The molecule has 5 heteroatoms. The lowest BCUT2D eigenvalue weighted by Gasteiger charge is -2.32. The molecule has 3 rings (SSSR count). The van der Waals surface area contributed by atoms with Crippen molar-refractivity contribution in [3.8, 4) is 0 Å². The van der Waals surface area contributed by atoms with Gasteiger partial charge in [-0.15, -0.1) is 0 Å². The molecule has 5 nitrogen and oxygen atoms in total. The molecule has 1 aliphatic rings. The summed E-state index contributed by atoms with van der Waals surface area (Å²) < 4.78 is 0. The first-order chi connectivity index (χ1) is 10.1. The summed E-state index contributed by atoms with van der Waals surface area (Å²) in [6, 6.07) is 9.24. The van der Waals surface area contributed by atoms with E-state index in [-0.39, 0.29) is 5.91 Å². The Morgan fingerprint density at radius 3 is 2.86 bits per heavy atom. The Morgan fingerprint density at radius 2 is 2.05 bits per heavy atom. The summed E-state index contributed by atoms with van der Waals surface area (Å²) in [5.74, 6) is -0.0927. The molecule has 1 atom stereocenters. The lowest BCUT2D eigenvalue weighted by molar-refractivity contribution is 0.0969. The number of hydrogen-bond acceptors (Lipinski definition) is 4. The summed E-state index contributed by atoms with van der Waals surface area (Å²) >= 11 is 0. The van der Waals surface area contributed by atoms with Crippen LogP contribution in [0.4, 0.5) is 5.69 Å². The van der Waals surface area contributed by atoms with Gasteiger partial charge in [0.05, 0.1) is 23.1 Å². The van der Waals surface area contributed by atoms with Crippen LogP contribution < -0.4 is 4.90 Å². The SMILES string of the molecule is Cc1cc(C(=O)N2CCC(O)c3ccccc32)c(C)nn1. The Hall–Kier alpha value is -2.27. The highest BCUT2D eigenvalue weighted by atomic mass is 16.3. The predicted octanol–water partition coefficient (Wildman–Crippen LogP) is 2.18. The van der Waals surface area contributed by atoms with E-state index in [1.165, 1.54) is 0 Å². The number of carbonyl (C=O) groups excluding carboxylic acids is 1. The molecule has 1 aliphatic heterocycles. The largest absolute Gasteiger partial charge is 0.388 e. The van der Waals surface area contributed by atoms with Crippen LogP contribution >= 0.6 is 0 Å². The maximum Gasteiger partial charge on any atom is 0.260 e. The van der Waals surface area contributed by atoms with E-state index in [0.717, 1.165) is 11.3 Å². The van der Waals surface area contributed by atoms with Crippen LogP contribution in [0.2, 0.25) is 0 Å². The smallest absolute Gasteiger partial charge is 0.260 e. The number of aryl methyl sites for hydroxylation is 2. The number of amides is 1. The number of hydrogen-bond donors (Lipinski definition) is 1. The van der Waals surface area contributed by atoms with Crippen LogP contribution in [-0.4, -0.2) is 27.8 Å². The van der Waals surface area contributed by atoms with Crippen LogP contribution in [0.3, 0.4) is 0 Å². The van der Waals surface area contributed by atoms with Crippen molar-refractivity contribution in [3.05, 3.63) is 52.8 Å². The van der Waals surface area contributed by atoms with Crippen molar-refractivity contribution in [2.75, 3.05) is 11.4 Å². The monoisotopic (exact) mass is 283 g/mol. The summed E-state index contributed by atoms with van der Waals surface area (Å²) in [6.07, 6.45) is 0.0305. The molecular formula is C16H17N3O2. The van der Waals surface area contributed by atoms with E-state index in [1.54, 1.807) is 17.9 Å². The summed E-state index contributed by atoms with van der Waals surface area (Å²) in [4.78, 5) is 14.5. The van der Waals surface area contributed by atoms with Gasteiger partial charge in [0.25, 0.3) is 5.91 Å². The number of fused-ring (bicyclic) bond motifs is 1. The molecule has 1 aromatic heterocycles. The quantitative estimate of drug-likeness (QED) is 0.871. The van der Waals surface area contributed by atoms with Gasteiger partial charge in [0.2, 0.25) is 0 Å². The molecule has 21 heavy (non-hydrogen) atoms. The summed E-state index contributed by atoms with van der Waals surface area (Å²) in [6.45, 7) is 4.10. The van der Waals surface area contributed by atoms with Gasteiger partial charge in [0.15, 0.2) is 0 Å². The second-order valence-electron chi connectivity index (χ2n) is 5.30. The maximum absolute atomic E-state index is 12.8. The third-order valence-corrected chi connectivity index (χ3v) is 3.79. The van der Waals surface area contributed by atoms with Crippen LogP contribution in [0.25, 0.3) is 0 Å². The van der Waals surface area contributed by atoms with E-state index in [1.807, 2.05) is 31.2 Å². The molecule has 0 spiro atoms. The zero-order valence-corrected chi connectivity index (χ0v) is 12.1. The highest BCUT2D eigenvalue weighted by Crippen LogP contribution is 2.34. The van der Waals surface area contributed by atoms with Crippen molar-refractivity contribution >= 4 is 11.6 Å². The Labute approximate surface area is 123 Å². The van der Waals surface area contributed by atoms with Gasteiger partial charge in [-0.3, -0.25) is 4.79 Å². The standard InChI is InChI=1S/C16H17N3O2/c1-10-9-13(11(2)18-17-10)16(21)19-8-7-15(20)12-5-3-4-6-14(12)19/h3-6,9,15,20H,7-8H2,1-2H3. The predicted molar refractivity (Wildman–Crippen MR) is 79.2 cm³/mol. The number of aliphatic hydroxyl groups excluding tert-OH is 1. The van der Waals surface area contributed by atoms with Crippen LogP contribution in [0.5, 0.6) is 0 Å². The van der Waals surface area contributed by atoms with Crippen molar-refractivity contribution in [3.63, 3.8) is 0 Å². The molecule has 2 heterocycles. The van der Waals surface area contributed by atoms with Crippen LogP contribution in [0, 0.1) is 13.8 Å². The molecule has 0 aliphatic carbocycles. The first-order valence-electron chi connectivity index (χ1n) is 6.97. The molecule has 1 amide bonds. The second-order valence-corrected chi connectivity index (χ2v) is 5.30. The van der Waals surface area contributed by atoms with Gasteiger partial charge in [-0.2, -0.15) is 10.2 Å². The first kappa shape index (κ1) is 13.7. The van der Waals surface area contributed by atoms with Crippen molar-refractivity contribution < 1.29 is 9.90 Å². The minimum Gasteiger partial charge on any atom is -0.388 e. The van der Waals surface area contributed by atoms with Gasteiger partial charge in [0.1, 0.15) is 0 Å². The minimum atomic E-state index is -0.511. The highest BCUT2D eigenvalue weighted by molar-refractivity contribution is 6.07. The van der Waals surface area contributed by atoms with Crippen LogP contribution in [0.1, 0.15) is 39.8 Å². The van der Waals surface area contributed by atoms with Crippen molar-refractivity contribution in [2.45, 2.75) is 26.4 Å². The van der Waals surface area contributed by atoms with E-state index in [9.17, 15) is 9.90 Å². The highest BCUT2D eigenvalue weighted by Gasteiger charge is 2.28. The maximum atomic E-state index is 12.8. The number of benzene rings is 1. The fourth-order valence-electron chi connectivity index (χ4n) is 2.67. The molecular weight excluding hydrogens is 266 g/mol. The van der Waals surface area contributed by atoms with Crippen molar-refractivity contribution in [1.82, 2.24) is 10.2 Å². The molecule has 0 saturated carbocycles. The number of rotatable bonds is 1. The Bertz CT molecular complexity index is 700. The number of para-hydroxylation sites is 1. The zero-order valence-electron chi connectivity index (χ0n) is 12.1. The minimum absolute atomic E-state index is 0.0927. The Morgan fingerprint density at radius 1 is 1.29 bits per heavy atom. The van der Waals surface area contributed by atoms with Gasteiger partial charge in [-0.1, -0.05) is 18.2 Å². The van der Waals surface area contributed by atoms with Gasteiger partial charge >= 0.3 is 0 Å². The van der Waals surface area contributed by atoms with Gasteiger partial charge in [0, 0.05) is 17.8 Å². The number of aromatic nitrogens is 2. The molecule has 108 valence electrons. The zero-order chi connectivity index (χ0) is 15.0. The number of nitrogens with zero attached hydrogens (tertiary/aromatic N) is 3. The fraction of sp³-hybridized carbons (Fsp3) is 0.312. The number of aliphatic hydroxyl groups is 1. The van der Waals surface area contributed by atoms with Gasteiger partial charge in [-0.05, 0) is 32.4 Å². The van der Waals surface area contributed by atoms with Gasteiger partial charge in [-0.25, -0.2) is 0 Å². The van der Waals surface area contributed by atoms with E-state index >= 15 is 0 Å². The van der Waals surface area contributed by atoms with E-state index < -0.39 is 6.10 Å². The fourth-order valence-corrected chi connectivity index (χ4v) is 2.67. The molecule has 0 saturated heterocycles. The third-order valence-electron chi connectivity index (χ3n) is 3.79. The Kier molecular flexibility index (Phi) is 3.43. The summed E-state index contributed by atoms with van der Waals surface area (Å²) in [5.41, 5.74) is 3.47. The normalized spacial score (nSPS) is 17.5. The second kappa shape index (κ2) is 5.26. The van der Waals surface area contributed by atoms with Crippen molar-refractivity contribution in [2.24, 2.45) is 0 Å². The van der Waals surface area contributed by atoms with Crippen LogP contribution in [0.15, 0.2) is 30.3 Å². The molecule has 0 radical (unpaired) electrons. The summed E-state index contributed by atoms with van der Waals surface area (Å²) in [5, 5.41) is 18.1. The van der Waals surface area contributed by atoms with Crippen molar-refractivity contribution in [1.29, 1.82) is 0 Å². The topological polar surface area (TPSA) is 66.3 Å². The average molecular weight is 283 g/mol. The van der Waals surface area contributed by atoms with E-state index in [4.69, 9.17) is 0 Å². The summed E-state index contributed by atoms with van der Waals surface area (Å²) in [7, 11) is 0. The number of anilines is 1. The molecule has 1 N–H and O–H groups in total. The number of carbonyl (C=O) groups is 1. The lowest BCUT2D eigenvalue weighted by atomic mass is 9.98. The lowest BCUT2D eigenvalue weighted by Crippen LogP contribution is -2.37. The van der Waals surface area contributed by atoms with E-state index in [0.29, 0.717) is 29.9 Å². The molecule has 1 unspecified atom stereocenters. The molecule has 0 bridgehead atoms. The molecule has 2 aromatic rings. The first-order valence-corrected chi connectivity index (χ1v) is 6.97. The van der Waals surface area contributed by atoms with Gasteiger partial charge < -0.3 is 10.0 Å². The molecule has 1 aromatic carbocycles.